The highest BCUT2D eigenvalue weighted by molar-refractivity contribution is 6.23. The Kier molecular flexibility index (Phi) is 4.76. The maximum Gasteiger partial charge on any atom is 0.262 e. The zero-order valence-electron chi connectivity index (χ0n) is 15.8. The van der Waals surface area contributed by atoms with E-state index in [2.05, 4.69) is 22.9 Å². The van der Waals surface area contributed by atoms with Gasteiger partial charge in [0, 0.05) is 25.0 Å². The van der Waals surface area contributed by atoms with E-state index in [1.54, 1.807) is 12.1 Å². The van der Waals surface area contributed by atoms with Crippen molar-refractivity contribution in [3.05, 3.63) is 34.9 Å². The summed E-state index contributed by atoms with van der Waals surface area (Å²) in [6, 6.07) is 4.27. The highest BCUT2D eigenvalue weighted by atomic mass is 16.2. The van der Waals surface area contributed by atoms with Crippen LogP contribution in [0.25, 0.3) is 0 Å². The third kappa shape index (κ3) is 3.33. The Morgan fingerprint density at radius 2 is 1.96 bits per heavy atom. The molecule has 3 N–H and O–H groups in total. The summed E-state index contributed by atoms with van der Waals surface area (Å²) in [5.74, 6) is -1.92. The summed E-state index contributed by atoms with van der Waals surface area (Å²) >= 11 is 0. The van der Waals surface area contributed by atoms with Crippen molar-refractivity contribution in [1.29, 1.82) is 0 Å². The Hall–Kier alpha value is -2.58. The normalized spacial score (nSPS) is 27.3. The molecule has 3 aliphatic heterocycles. The Labute approximate surface area is 163 Å². The van der Waals surface area contributed by atoms with E-state index >= 15 is 0 Å². The maximum atomic E-state index is 12.8. The van der Waals surface area contributed by atoms with E-state index in [1.165, 1.54) is 6.42 Å². The number of hydrogen-bond donors (Lipinski definition) is 3. The molecule has 4 amide bonds. The van der Waals surface area contributed by atoms with E-state index in [0.29, 0.717) is 17.7 Å². The number of benzene rings is 1. The van der Waals surface area contributed by atoms with Gasteiger partial charge in [0.15, 0.2) is 0 Å². The Balaban J connectivity index is 1.46. The quantitative estimate of drug-likeness (QED) is 0.631. The fourth-order valence-corrected chi connectivity index (χ4v) is 4.22. The number of piperidine rings is 1. The zero-order valence-corrected chi connectivity index (χ0v) is 15.8. The van der Waals surface area contributed by atoms with Gasteiger partial charge in [-0.1, -0.05) is 6.07 Å². The molecule has 0 saturated carbocycles. The van der Waals surface area contributed by atoms with E-state index in [9.17, 15) is 19.2 Å². The third-order valence-electron chi connectivity index (χ3n) is 5.81. The van der Waals surface area contributed by atoms with Crippen molar-refractivity contribution in [2.75, 3.05) is 13.1 Å². The summed E-state index contributed by atoms with van der Waals surface area (Å²) in [4.78, 5) is 50.0. The van der Waals surface area contributed by atoms with Crippen molar-refractivity contribution in [1.82, 2.24) is 20.9 Å². The molecule has 8 heteroatoms. The van der Waals surface area contributed by atoms with Crippen LogP contribution in [0.15, 0.2) is 18.2 Å². The molecule has 0 aliphatic carbocycles. The van der Waals surface area contributed by atoms with Gasteiger partial charge >= 0.3 is 0 Å². The number of nitrogens with one attached hydrogen (secondary N) is 3. The van der Waals surface area contributed by atoms with E-state index in [4.69, 9.17) is 0 Å². The lowest BCUT2D eigenvalue weighted by Gasteiger charge is -2.27. The lowest BCUT2D eigenvalue weighted by Crippen LogP contribution is -2.54. The van der Waals surface area contributed by atoms with E-state index < -0.39 is 23.8 Å². The molecular weight excluding hydrogens is 360 g/mol. The van der Waals surface area contributed by atoms with Gasteiger partial charge in [-0.05, 0) is 50.4 Å². The largest absolute Gasteiger partial charge is 0.311 e. The number of fused-ring (bicyclic) bond motifs is 1. The van der Waals surface area contributed by atoms with Crippen LogP contribution in [-0.4, -0.2) is 53.2 Å². The molecule has 0 spiro atoms. The molecule has 28 heavy (non-hydrogen) atoms. The molecule has 1 aromatic rings. The molecule has 1 aromatic carbocycles. The Bertz CT molecular complexity index is 860. The van der Waals surface area contributed by atoms with Gasteiger partial charge in [0.1, 0.15) is 6.04 Å². The topological polar surface area (TPSA) is 108 Å². The molecule has 148 valence electrons. The van der Waals surface area contributed by atoms with Crippen molar-refractivity contribution in [2.24, 2.45) is 0 Å². The average molecular weight is 384 g/mol. The van der Waals surface area contributed by atoms with Crippen LogP contribution in [0, 0.1) is 0 Å². The van der Waals surface area contributed by atoms with E-state index in [1.807, 2.05) is 6.07 Å². The SMILES string of the molecule is CC1(CNCc2ccc3c(c2)C(=O)N(C2CCC(=O)NC2=O)C3=O)CCCN1. The molecule has 2 unspecified atom stereocenters. The second kappa shape index (κ2) is 7.10. The smallest absolute Gasteiger partial charge is 0.262 e. The second-order valence-corrected chi connectivity index (χ2v) is 8.02. The molecule has 0 aromatic heterocycles. The molecule has 4 rings (SSSR count). The summed E-state index contributed by atoms with van der Waals surface area (Å²) in [6.07, 6.45) is 2.57. The molecule has 0 radical (unpaired) electrons. The van der Waals surface area contributed by atoms with Crippen LogP contribution >= 0.6 is 0 Å². The summed E-state index contributed by atoms with van der Waals surface area (Å²) in [5, 5.41) is 9.11. The van der Waals surface area contributed by atoms with Crippen LogP contribution in [-0.2, 0) is 16.1 Å². The van der Waals surface area contributed by atoms with Gasteiger partial charge in [-0.25, -0.2) is 0 Å². The van der Waals surface area contributed by atoms with Gasteiger partial charge in [-0.15, -0.1) is 0 Å². The van der Waals surface area contributed by atoms with Crippen LogP contribution < -0.4 is 16.0 Å². The maximum absolute atomic E-state index is 12.8. The first-order chi connectivity index (χ1) is 13.4. The predicted molar refractivity (Wildman–Crippen MR) is 100 cm³/mol. The van der Waals surface area contributed by atoms with E-state index in [-0.39, 0.29) is 24.3 Å². The number of imide groups is 2. The summed E-state index contributed by atoms with van der Waals surface area (Å²) in [6.45, 7) is 4.63. The minimum Gasteiger partial charge on any atom is -0.311 e. The summed E-state index contributed by atoms with van der Waals surface area (Å²) < 4.78 is 0. The minimum absolute atomic E-state index is 0.0884. The summed E-state index contributed by atoms with van der Waals surface area (Å²) in [7, 11) is 0. The van der Waals surface area contributed by atoms with Gasteiger partial charge in [0.25, 0.3) is 11.8 Å². The van der Waals surface area contributed by atoms with Crippen LogP contribution in [0.1, 0.15) is 58.9 Å². The lowest BCUT2D eigenvalue weighted by atomic mass is 10.0. The lowest BCUT2D eigenvalue weighted by molar-refractivity contribution is -0.136. The molecule has 2 saturated heterocycles. The fraction of sp³-hybridized carbons (Fsp3) is 0.500. The fourth-order valence-electron chi connectivity index (χ4n) is 4.22. The van der Waals surface area contributed by atoms with Gasteiger partial charge in [0.05, 0.1) is 11.1 Å². The van der Waals surface area contributed by atoms with Gasteiger partial charge < -0.3 is 10.6 Å². The van der Waals surface area contributed by atoms with Crippen molar-refractivity contribution in [3.8, 4) is 0 Å². The highest BCUT2D eigenvalue weighted by Gasteiger charge is 2.44. The van der Waals surface area contributed by atoms with Crippen LogP contribution in [0.5, 0.6) is 0 Å². The molecule has 0 bridgehead atoms. The predicted octanol–water partition coefficient (Wildman–Crippen LogP) is 0.320. The number of hydrogen-bond acceptors (Lipinski definition) is 6. The number of amides is 4. The number of rotatable bonds is 5. The standard InChI is InChI=1S/C20H24N4O4/c1-20(7-2-8-22-20)11-21-10-12-3-4-13-14(9-12)19(28)24(18(13)27)15-5-6-16(25)23-17(15)26/h3-4,9,15,21-22H,2,5-8,10-11H2,1H3,(H,23,25,26). The summed E-state index contributed by atoms with van der Waals surface area (Å²) in [5.41, 5.74) is 1.62. The first-order valence-corrected chi connectivity index (χ1v) is 9.68. The van der Waals surface area contributed by atoms with Gasteiger partial charge in [-0.3, -0.25) is 29.4 Å². The number of nitrogens with zero attached hydrogens (tertiary/aromatic N) is 1. The molecule has 2 atom stereocenters. The van der Waals surface area contributed by atoms with Gasteiger partial charge in [-0.2, -0.15) is 0 Å². The first-order valence-electron chi connectivity index (χ1n) is 9.68. The van der Waals surface area contributed by atoms with Crippen LogP contribution in [0.2, 0.25) is 0 Å². The first kappa shape index (κ1) is 18.8. The zero-order chi connectivity index (χ0) is 19.9. The van der Waals surface area contributed by atoms with Crippen molar-refractivity contribution in [2.45, 2.75) is 50.7 Å². The second-order valence-electron chi connectivity index (χ2n) is 8.02. The van der Waals surface area contributed by atoms with Gasteiger partial charge in [0.2, 0.25) is 11.8 Å². The molecule has 8 nitrogen and oxygen atoms in total. The minimum atomic E-state index is -0.930. The average Bonchev–Trinajstić information content (AvgIpc) is 3.19. The van der Waals surface area contributed by atoms with Crippen LogP contribution in [0.4, 0.5) is 0 Å². The van der Waals surface area contributed by atoms with Crippen molar-refractivity contribution >= 4 is 23.6 Å². The third-order valence-corrected chi connectivity index (χ3v) is 5.81. The molecular formula is C20H24N4O4. The highest BCUT2D eigenvalue weighted by Crippen LogP contribution is 2.28. The molecule has 3 aliphatic rings. The molecule has 2 fully saturated rings. The molecule has 3 heterocycles. The number of carbonyl (C=O) groups excluding carboxylic acids is 4. The number of carbonyl (C=O) groups is 4. The Morgan fingerprint density at radius 3 is 2.68 bits per heavy atom. The monoisotopic (exact) mass is 384 g/mol. The van der Waals surface area contributed by atoms with E-state index in [0.717, 1.165) is 30.0 Å². The Morgan fingerprint density at radius 1 is 1.18 bits per heavy atom. The van der Waals surface area contributed by atoms with Crippen molar-refractivity contribution in [3.63, 3.8) is 0 Å². The van der Waals surface area contributed by atoms with Crippen LogP contribution in [0.3, 0.4) is 0 Å². The van der Waals surface area contributed by atoms with Crippen molar-refractivity contribution < 1.29 is 19.2 Å².